The van der Waals surface area contributed by atoms with Gasteiger partial charge < -0.3 is 14.2 Å². The fraction of sp³-hybridized carbons (Fsp3) is 0.368. The van der Waals surface area contributed by atoms with E-state index in [9.17, 15) is 4.79 Å². The molecule has 1 unspecified atom stereocenters. The third-order valence-electron chi connectivity index (χ3n) is 9.56. The van der Waals surface area contributed by atoms with E-state index < -0.39 is 0 Å². The molecule has 1 N–H and O–H groups in total. The van der Waals surface area contributed by atoms with Crippen LogP contribution < -0.4 is 19.6 Å². The molecule has 4 aromatic carbocycles. The largest absolute Gasteiger partial charge is 0.497 e. The molecule has 2 aliphatic rings. The quantitative estimate of drug-likeness (QED) is 0.198. The number of hydrogen-bond acceptors (Lipinski definition) is 6. The molecule has 1 amide bonds. The standard InChI is InChI=1S/C38H43N3O4/c1-25(28-10-11-30-21-33(43-2)13-12-29(30)19-28)38(42)40-39-37-32(20-31-22-35(44-3)36(45-4)23-34(31)37)18-26-14-16-41(17-15-26)24-27-8-6-5-7-9-27/h5-13,19,21-23,25-26,32H,14-18,20,24H2,1-4H3,(H,40,42)/b39-37-/t25-,32?/m0/s1. The maximum absolute atomic E-state index is 13.5. The van der Waals surface area contributed by atoms with Crippen LogP contribution in [0, 0.1) is 11.8 Å². The van der Waals surface area contributed by atoms with Gasteiger partial charge in [0.2, 0.25) is 5.91 Å². The van der Waals surface area contributed by atoms with Crippen molar-refractivity contribution in [1.29, 1.82) is 0 Å². The highest BCUT2D eigenvalue weighted by molar-refractivity contribution is 6.07. The Hall–Kier alpha value is -4.36. The Morgan fingerprint density at radius 1 is 0.889 bits per heavy atom. The van der Waals surface area contributed by atoms with Crippen molar-refractivity contribution in [2.45, 2.75) is 45.1 Å². The number of nitrogens with one attached hydrogen (secondary N) is 1. The third kappa shape index (κ3) is 6.84. The molecular weight excluding hydrogens is 562 g/mol. The van der Waals surface area contributed by atoms with Crippen LogP contribution in [0.5, 0.6) is 17.2 Å². The van der Waals surface area contributed by atoms with Crippen LogP contribution in [0.4, 0.5) is 0 Å². The summed E-state index contributed by atoms with van der Waals surface area (Å²) in [4.78, 5) is 16.0. The summed E-state index contributed by atoms with van der Waals surface area (Å²) < 4.78 is 16.6. The first-order valence-corrected chi connectivity index (χ1v) is 15.9. The minimum atomic E-state index is -0.362. The second-order valence-electron chi connectivity index (χ2n) is 12.4. The van der Waals surface area contributed by atoms with Crippen LogP contribution in [-0.2, 0) is 17.8 Å². The Bertz CT molecular complexity index is 1680. The number of nitrogens with zero attached hydrogens (tertiary/aromatic N) is 2. The lowest BCUT2D eigenvalue weighted by Crippen LogP contribution is -2.34. The minimum Gasteiger partial charge on any atom is -0.497 e. The average molecular weight is 606 g/mol. The Balaban J connectivity index is 1.18. The number of likely N-dealkylation sites (tertiary alicyclic amines) is 1. The van der Waals surface area contributed by atoms with Crippen molar-refractivity contribution < 1.29 is 19.0 Å². The van der Waals surface area contributed by atoms with Gasteiger partial charge in [-0.2, -0.15) is 5.10 Å². The molecule has 1 aliphatic carbocycles. The van der Waals surface area contributed by atoms with Gasteiger partial charge in [0.05, 0.1) is 33.0 Å². The molecule has 1 aliphatic heterocycles. The maximum atomic E-state index is 13.5. The summed E-state index contributed by atoms with van der Waals surface area (Å²) in [5, 5.41) is 6.98. The number of ether oxygens (including phenoxy) is 3. The average Bonchev–Trinajstić information content (AvgIpc) is 3.42. The molecular formula is C38H43N3O4. The smallest absolute Gasteiger partial charge is 0.247 e. The number of hydrogen-bond donors (Lipinski definition) is 1. The molecule has 0 radical (unpaired) electrons. The predicted octanol–water partition coefficient (Wildman–Crippen LogP) is 6.96. The van der Waals surface area contributed by atoms with Crippen LogP contribution in [0.25, 0.3) is 10.8 Å². The number of methoxy groups -OCH3 is 3. The Morgan fingerprint density at radius 3 is 2.33 bits per heavy atom. The lowest BCUT2D eigenvalue weighted by atomic mass is 9.85. The molecule has 6 rings (SSSR count). The molecule has 0 aromatic heterocycles. The molecule has 45 heavy (non-hydrogen) atoms. The maximum Gasteiger partial charge on any atom is 0.247 e. The normalized spacial score (nSPS) is 18.5. The van der Waals surface area contributed by atoms with E-state index in [1.54, 1.807) is 21.3 Å². The van der Waals surface area contributed by atoms with Gasteiger partial charge in [-0.25, -0.2) is 5.43 Å². The predicted molar refractivity (Wildman–Crippen MR) is 179 cm³/mol. The van der Waals surface area contributed by atoms with Crippen LogP contribution in [-0.4, -0.2) is 50.9 Å². The van der Waals surface area contributed by atoms with Gasteiger partial charge in [-0.05, 0) is 103 Å². The SMILES string of the molecule is COc1ccc2cc([C@H](C)C(=O)N/N=C3\c4cc(OC)c(OC)cc4CC3CC3CCN(Cc4ccccc4)CC3)ccc2c1. The fourth-order valence-corrected chi connectivity index (χ4v) is 6.88. The molecule has 1 fully saturated rings. The zero-order valence-corrected chi connectivity index (χ0v) is 26.7. The zero-order valence-electron chi connectivity index (χ0n) is 26.7. The number of piperidine rings is 1. The van der Waals surface area contributed by atoms with Crippen molar-refractivity contribution in [1.82, 2.24) is 10.3 Å². The molecule has 4 aromatic rings. The van der Waals surface area contributed by atoms with E-state index >= 15 is 0 Å². The molecule has 1 heterocycles. The Labute approximate surface area is 266 Å². The summed E-state index contributed by atoms with van der Waals surface area (Å²) in [5.74, 6) is 2.54. The molecule has 7 nitrogen and oxygen atoms in total. The van der Waals surface area contributed by atoms with E-state index in [4.69, 9.17) is 19.3 Å². The number of carbonyl (C=O) groups excluding carboxylic acids is 1. The monoisotopic (exact) mass is 605 g/mol. The van der Waals surface area contributed by atoms with Crippen molar-refractivity contribution in [2.24, 2.45) is 16.9 Å². The first kappa shape index (κ1) is 30.7. The van der Waals surface area contributed by atoms with E-state index in [0.717, 1.165) is 84.4 Å². The summed E-state index contributed by atoms with van der Waals surface area (Å²) in [7, 11) is 4.98. The van der Waals surface area contributed by atoms with Gasteiger partial charge in [-0.1, -0.05) is 54.6 Å². The van der Waals surface area contributed by atoms with Gasteiger partial charge >= 0.3 is 0 Å². The van der Waals surface area contributed by atoms with Crippen molar-refractivity contribution in [2.75, 3.05) is 34.4 Å². The zero-order chi connectivity index (χ0) is 31.3. The van der Waals surface area contributed by atoms with Crippen LogP contribution in [0.3, 0.4) is 0 Å². The van der Waals surface area contributed by atoms with Crippen molar-refractivity contribution >= 4 is 22.4 Å². The second kappa shape index (κ2) is 13.7. The van der Waals surface area contributed by atoms with Crippen LogP contribution in [0.1, 0.15) is 54.4 Å². The van der Waals surface area contributed by atoms with E-state index in [0.29, 0.717) is 11.7 Å². The summed E-state index contributed by atoms with van der Waals surface area (Å²) in [6.45, 7) is 5.13. The second-order valence-corrected chi connectivity index (χ2v) is 12.4. The van der Waals surface area contributed by atoms with Crippen molar-refractivity contribution in [3.05, 3.63) is 101 Å². The molecule has 0 spiro atoms. The molecule has 0 bridgehead atoms. The highest BCUT2D eigenvalue weighted by Crippen LogP contribution is 2.40. The van der Waals surface area contributed by atoms with Gasteiger partial charge in [0.1, 0.15) is 5.75 Å². The number of hydrazone groups is 1. The van der Waals surface area contributed by atoms with E-state index in [-0.39, 0.29) is 17.7 Å². The molecule has 2 atom stereocenters. The topological polar surface area (TPSA) is 72.4 Å². The van der Waals surface area contributed by atoms with Gasteiger partial charge in [-0.3, -0.25) is 9.69 Å². The highest BCUT2D eigenvalue weighted by Gasteiger charge is 2.34. The first-order chi connectivity index (χ1) is 21.9. The Morgan fingerprint density at radius 2 is 1.60 bits per heavy atom. The molecule has 234 valence electrons. The van der Waals surface area contributed by atoms with E-state index in [1.165, 1.54) is 11.1 Å². The Kier molecular flexibility index (Phi) is 9.36. The van der Waals surface area contributed by atoms with E-state index in [1.807, 2.05) is 43.3 Å². The van der Waals surface area contributed by atoms with Gasteiger partial charge in [-0.15, -0.1) is 0 Å². The number of rotatable bonds is 10. The first-order valence-electron chi connectivity index (χ1n) is 15.9. The van der Waals surface area contributed by atoms with Gasteiger partial charge in [0.15, 0.2) is 11.5 Å². The minimum absolute atomic E-state index is 0.128. The van der Waals surface area contributed by atoms with Crippen molar-refractivity contribution in [3.63, 3.8) is 0 Å². The summed E-state index contributed by atoms with van der Waals surface area (Å²) in [6, 6.07) is 26.9. The molecule has 0 saturated carbocycles. The lowest BCUT2D eigenvalue weighted by molar-refractivity contribution is -0.122. The summed E-state index contributed by atoms with van der Waals surface area (Å²) >= 11 is 0. The summed E-state index contributed by atoms with van der Waals surface area (Å²) in [5.41, 5.74) is 8.42. The highest BCUT2D eigenvalue weighted by atomic mass is 16.5. The summed E-state index contributed by atoms with van der Waals surface area (Å²) in [6.07, 6.45) is 4.24. The molecule has 7 heteroatoms. The molecule has 1 saturated heterocycles. The van der Waals surface area contributed by atoms with Gasteiger partial charge in [0.25, 0.3) is 0 Å². The van der Waals surface area contributed by atoms with Crippen LogP contribution in [0.15, 0.2) is 84.0 Å². The fourth-order valence-electron chi connectivity index (χ4n) is 6.88. The van der Waals surface area contributed by atoms with Gasteiger partial charge in [0, 0.05) is 18.0 Å². The third-order valence-corrected chi connectivity index (χ3v) is 9.56. The van der Waals surface area contributed by atoms with Crippen molar-refractivity contribution in [3.8, 4) is 17.2 Å². The van der Waals surface area contributed by atoms with Crippen LogP contribution >= 0.6 is 0 Å². The van der Waals surface area contributed by atoms with Crippen LogP contribution in [0.2, 0.25) is 0 Å². The number of benzene rings is 4. The number of carbonyl (C=O) groups is 1. The number of amides is 1. The lowest BCUT2D eigenvalue weighted by Gasteiger charge is -2.33. The number of fused-ring (bicyclic) bond motifs is 2. The van der Waals surface area contributed by atoms with E-state index in [2.05, 4.69) is 52.8 Å².